The molecular formula is C11H13N5O3S. The van der Waals surface area contributed by atoms with Crippen molar-refractivity contribution in [1.29, 1.82) is 0 Å². The highest BCUT2D eigenvalue weighted by atomic mass is 32.2. The molecule has 0 saturated carbocycles. The quantitative estimate of drug-likeness (QED) is 0.483. The van der Waals surface area contributed by atoms with Crippen LogP contribution in [0.2, 0.25) is 0 Å². The summed E-state index contributed by atoms with van der Waals surface area (Å²) in [5.74, 6) is 0.951. The molecular weight excluding hydrogens is 282 g/mol. The molecule has 1 aromatic carbocycles. The van der Waals surface area contributed by atoms with E-state index in [1.807, 2.05) is 0 Å². The zero-order chi connectivity index (χ0) is 14.9. The summed E-state index contributed by atoms with van der Waals surface area (Å²) in [6.45, 7) is 1.64. The minimum atomic E-state index is -4.38. The molecule has 0 unspecified atom stereocenters. The fourth-order valence-corrected chi connectivity index (χ4v) is 2.29. The van der Waals surface area contributed by atoms with Gasteiger partial charge in [-0.2, -0.15) is 8.42 Å². The Hall–Kier alpha value is -2.39. The van der Waals surface area contributed by atoms with Crippen LogP contribution in [0.4, 0.5) is 23.0 Å². The van der Waals surface area contributed by atoms with Crippen molar-refractivity contribution in [2.75, 3.05) is 16.8 Å². The Balaban J connectivity index is 2.50. The molecule has 6 N–H and O–H groups in total. The topological polar surface area (TPSA) is 144 Å². The Morgan fingerprint density at radius 2 is 1.90 bits per heavy atom. The summed E-state index contributed by atoms with van der Waals surface area (Å²) in [5.41, 5.74) is 11.6. The van der Waals surface area contributed by atoms with Crippen LogP contribution in [0, 0.1) is 6.92 Å². The van der Waals surface area contributed by atoms with Gasteiger partial charge in [-0.3, -0.25) is 4.55 Å². The van der Waals surface area contributed by atoms with Gasteiger partial charge in [0.25, 0.3) is 10.1 Å². The third kappa shape index (κ3) is 3.13. The average Bonchev–Trinajstić information content (AvgIpc) is 2.25. The summed E-state index contributed by atoms with van der Waals surface area (Å²) in [6, 6.07) is 5.37. The lowest BCUT2D eigenvalue weighted by Gasteiger charge is -2.11. The second-order valence-electron chi connectivity index (χ2n) is 4.08. The first-order chi connectivity index (χ1) is 9.25. The summed E-state index contributed by atoms with van der Waals surface area (Å²) in [5, 5.41) is 2.75. The molecule has 1 aromatic heterocycles. The number of nitrogen functional groups attached to an aromatic ring is 2. The van der Waals surface area contributed by atoms with Crippen LogP contribution < -0.4 is 16.8 Å². The summed E-state index contributed by atoms with van der Waals surface area (Å²) in [6.07, 6.45) is 0. The van der Waals surface area contributed by atoms with Gasteiger partial charge in [-0.1, -0.05) is 0 Å². The van der Waals surface area contributed by atoms with E-state index in [4.69, 9.17) is 11.5 Å². The van der Waals surface area contributed by atoms with Crippen molar-refractivity contribution in [2.45, 2.75) is 11.8 Å². The van der Waals surface area contributed by atoms with Crippen LogP contribution in [0.3, 0.4) is 0 Å². The largest absolute Gasteiger partial charge is 0.399 e. The third-order valence-corrected chi connectivity index (χ3v) is 3.31. The molecule has 0 radical (unpaired) electrons. The molecule has 0 amide bonds. The van der Waals surface area contributed by atoms with Crippen molar-refractivity contribution in [3.63, 3.8) is 0 Å². The molecule has 9 heteroatoms. The minimum absolute atomic E-state index is 0.102. The van der Waals surface area contributed by atoms with Crippen molar-refractivity contribution in [1.82, 2.24) is 9.97 Å². The van der Waals surface area contributed by atoms with Gasteiger partial charge in [0, 0.05) is 11.8 Å². The maximum absolute atomic E-state index is 11.3. The van der Waals surface area contributed by atoms with Gasteiger partial charge in [-0.25, -0.2) is 9.97 Å². The van der Waals surface area contributed by atoms with Crippen molar-refractivity contribution in [2.24, 2.45) is 0 Å². The Bertz CT molecular complexity index is 740. The molecule has 0 aliphatic heterocycles. The number of hydrogen-bond acceptors (Lipinski definition) is 7. The fraction of sp³-hybridized carbons (Fsp3) is 0.0909. The molecule has 0 saturated heterocycles. The molecule has 1 heterocycles. The Morgan fingerprint density at radius 3 is 2.50 bits per heavy atom. The van der Waals surface area contributed by atoms with E-state index in [1.54, 1.807) is 6.92 Å². The normalized spacial score (nSPS) is 11.3. The van der Waals surface area contributed by atoms with Gasteiger partial charge >= 0.3 is 0 Å². The lowest BCUT2D eigenvalue weighted by atomic mass is 10.3. The number of hydrogen-bond donors (Lipinski definition) is 4. The number of anilines is 4. The maximum Gasteiger partial charge on any atom is 0.296 e. The number of rotatable bonds is 3. The molecule has 0 fully saturated rings. The number of benzene rings is 1. The van der Waals surface area contributed by atoms with Crippen LogP contribution >= 0.6 is 0 Å². The molecule has 20 heavy (non-hydrogen) atoms. The smallest absolute Gasteiger partial charge is 0.296 e. The van der Waals surface area contributed by atoms with Crippen LogP contribution in [0.25, 0.3) is 0 Å². The van der Waals surface area contributed by atoms with Crippen molar-refractivity contribution < 1.29 is 13.0 Å². The second-order valence-corrected chi connectivity index (χ2v) is 5.47. The van der Waals surface area contributed by atoms with E-state index < -0.39 is 10.1 Å². The van der Waals surface area contributed by atoms with E-state index in [0.717, 1.165) is 0 Å². The lowest BCUT2D eigenvalue weighted by Crippen LogP contribution is -2.06. The Kier molecular flexibility index (Phi) is 3.47. The number of aryl methyl sites for hydroxylation is 1. The van der Waals surface area contributed by atoms with Gasteiger partial charge in [0.05, 0.1) is 5.69 Å². The predicted octanol–water partition coefficient (Wildman–Crippen LogP) is 0.940. The molecule has 0 bridgehead atoms. The summed E-state index contributed by atoms with van der Waals surface area (Å²) in [7, 11) is -4.38. The summed E-state index contributed by atoms with van der Waals surface area (Å²) in [4.78, 5) is 7.66. The fourth-order valence-electron chi connectivity index (χ4n) is 1.66. The summed E-state index contributed by atoms with van der Waals surface area (Å²) >= 11 is 0. The monoisotopic (exact) mass is 295 g/mol. The van der Waals surface area contributed by atoms with Gasteiger partial charge in [-0.05, 0) is 25.1 Å². The number of aromatic nitrogens is 2. The van der Waals surface area contributed by atoms with Crippen LogP contribution in [0.1, 0.15) is 5.82 Å². The molecule has 8 nitrogen and oxygen atoms in total. The molecule has 2 rings (SSSR count). The zero-order valence-electron chi connectivity index (χ0n) is 10.5. The van der Waals surface area contributed by atoms with Crippen molar-refractivity contribution in [3.05, 3.63) is 30.1 Å². The first-order valence-electron chi connectivity index (χ1n) is 5.51. The molecule has 0 aliphatic carbocycles. The highest BCUT2D eigenvalue weighted by Crippen LogP contribution is 2.26. The zero-order valence-corrected chi connectivity index (χ0v) is 11.3. The number of nitrogens with one attached hydrogen (secondary N) is 1. The maximum atomic E-state index is 11.3. The second kappa shape index (κ2) is 4.94. The average molecular weight is 295 g/mol. The highest BCUT2D eigenvalue weighted by molar-refractivity contribution is 7.86. The standard InChI is InChI=1S/C11H13N5O3S/c1-6-14-10(13)5-11(15-6)16-8-4-7(12)2-3-9(8)20(17,18)19/h2-5H,12H2,1H3,(H,17,18,19)(H3,13,14,15,16). The van der Waals surface area contributed by atoms with Crippen molar-refractivity contribution in [3.8, 4) is 0 Å². The number of nitrogens with two attached hydrogens (primary N) is 2. The first kappa shape index (κ1) is 14.0. The van der Waals surface area contributed by atoms with E-state index in [2.05, 4.69) is 15.3 Å². The molecule has 106 valence electrons. The molecule has 2 aromatic rings. The van der Waals surface area contributed by atoms with Gasteiger partial charge < -0.3 is 16.8 Å². The lowest BCUT2D eigenvalue weighted by molar-refractivity contribution is 0.483. The third-order valence-electron chi connectivity index (χ3n) is 2.40. The van der Waals surface area contributed by atoms with E-state index in [9.17, 15) is 13.0 Å². The highest BCUT2D eigenvalue weighted by Gasteiger charge is 2.16. The Morgan fingerprint density at radius 1 is 1.20 bits per heavy atom. The minimum Gasteiger partial charge on any atom is -0.399 e. The Labute approximate surface area is 115 Å². The van der Waals surface area contributed by atoms with Gasteiger partial charge in [0.2, 0.25) is 0 Å². The summed E-state index contributed by atoms with van der Waals surface area (Å²) < 4.78 is 31.8. The van der Waals surface area contributed by atoms with Crippen LogP contribution in [0.5, 0.6) is 0 Å². The molecule has 0 atom stereocenters. The van der Waals surface area contributed by atoms with Gasteiger partial charge in [0.15, 0.2) is 0 Å². The van der Waals surface area contributed by atoms with Gasteiger partial charge in [-0.15, -0.1) is 0 Å². The van der Waals surface area contributed by atoms with Crippen molar-refractivity contribution >= 4 is 33.1 Å². The predicted molar refractivity (Wildman–Crippen MR) is 75.1 cm³/mol. The molecule has 0 spiro atoms. The van der Waals surface area contributed by atoms with E-state index in [0.29, 0.717) is 17.3 Å². The van der Waals surface area contributed by atoms with Crippen LogP contribution in [0.15, 0.2) is 29.2 Å². The van der Waals surface area contributed by atoms with Crippen LogP contribution in [-0.2, 0) is 10.1 Å². The van der Waals surface area contributed by atoms with Gasteiger partial charge in [0.1, 0.15) is 22.4 Å². The van der Waals surface area contributed by atoms with Crippen LogP contribution in [-0.4, -0.2) is 22.9 Å². The van der Waals surface area contributed by atoms with E-state index >= 15 is 0 Å². The van der Waals surface area contributed by atoms with E-state index in [-0.39, 0.29) is 16.4 Å². The SMILES string of the molecule is Cc1nc(N)cc(Nc2cc(N)ccc2S(=O)(=O)O)n1. The molecule has 0 aliphatic rings. The van der Waals surface area contributed by atoms with E-state index in [1.165, 1.54) is 24.3 Å². The number of nitrogens with zero attached hydrogens (tertiary/aromatic N) is 2. The first-order valence-corrected chi connectivity index (χ1v) is 6.95.